The van der Waals surface area contributed by atoms with E-state index in [0.717, 1.165) is 31.5 Å². The number of hydrogen-bond acceptors (Lipinski definition) is 2. The van der Waals surface area contributed by atoms with Crippen molar-refractivity contribution in [3.8, 4) is 0 Å². The lowest BCUT2D eigenvalue weighted by Gasteiger charge is -2.33. The van der Waals surface area contributed by atoms with Gasteiger partial charge in [0.05, 0.1) is 12.0 Å². The van der Waals surface area contributed by atoms with Crippen LogP contribution in [0.2, 0.25) is 0 Å². The zero-order valence-corrected chi connectivity index (χ0v) is 12.7. The Labute approximate surface area is 116 Å². The molecule has 3 N–H and O–H groups in total. The highest BCUT2D eigenvalue weighted by atomic mass is 16.1. The predicted molar refractivity (Wildman–Crippen MR) is 78.9 cm³/mol. The van der Waals surface area contributed by atoms with Gasteiger partial charge in [0.1, 0.15) is 0 Å². The summed E-state index contributed by atoms with van der Waals surface area (Å²) < 4.78 is 0. The topological polar surface area (TPSA) is 70.7 Å². The van der Waals surface area contributed by atoms with E-state index in [-0.39, 0.29) is 5.91 Å². The van der Waals surface area contributed by atoms with E-state index in [2.05, 4.69) is 29.1 Å². The van der Waals surface area contributed by atoms with Crippen LogP contribution in [0.3, 0.4) is 0 Å². The summed E-state index contributed by atoms with van der Waals surface area (Å²) in [7, 11) is 0. The number of nitrogens with one attached hydrogen (secondary N) is 1. The van der Waals surface area contributed by atoms with Gasteiger partial charge in [-0.1, -0.05) is 6.92 Å². The summed E-state index contributed by atoms with van der Waals surface area (Å²) in [4.78, 5) is 18.2. The Hall–Kier alpha value is -1.26. The van der Waals surface area contributed by atoms with Crippen molar-refractivity contribution in [1.82, 2.24) is 10.2 Å². The second-order valence-electron chi connectivity index (χ2n) is 6.09. The summed E-state index contributed by atoms with van der Waals surface area (Å²) in [6.45, 7) is 11.3. The molecule has 0 saturated carbocycles. The van der Waals surface area contributed by atoms with E-state index in [1.165, 1.54) is 12.8 Å². The molecular formula is C14H28N4O. The van der Waals surface area contributed by atoms with Gasteiger partial charge >= 0.3 is 0 Å². The maximum Gasteiger partial charge on any atom is 0.224 e. The third kappa shape index (κ3) is 4.73. The molecule has 0 bridgehead atoms. The van der Waals surface area contributed by atoms with Crippen molar-refractivity contribution in [1.29, 1.82) is 0 Å². The number of piperidine rings is 1. The zero-order valence-electron chi connectivity index (χ0n) is 12.7. The van der Waals surface area contributed by atoms with Crippen LogP contribution in [0.25, 0.3) is 0 Å². The van der Waals surface area contributed by atoms with Gasteiger partial charge in [0.25, 0.3) is 0 Å². The van der Waals surface area contributed by atoms with E-state index in [0.29, 0.717) is 6.54 Å². The number of guanidine groups is 1. The van der Waals surface area contributed by atoms with Gasteiger partial charge in [-0.05, 0) is 39.5 Å². The second kappa shape index (κ2) is 6.78. The van der Waals surface area contributed by atoms with Crippen LogP contribution >= 0.6 is 0 Å². The van der Waals surface area contributed by atoms with Crippen LogP contribution in [-0.4, -0.2) is 42.9 Å². The third-order valence-electron chi connectivity index (χ3n) is 3.71. The summed E-state index contributed by atoms with van der Waals surface area (Å²) in [5.74, 6) is 1.39. The normalized spacial score (nSPS) is 18.5. The molecule has 0 atom stereocenters. The van der Waals surface area contributed by atoms with Gasteiger partial charge in [-0.2, -0.15) is 0 Å². The minimum absolute atomic E-state index is 0.306. The van der Waals surface area contributed by atoms with Crippen molar-refractivity contribution in [2.75, 3.05) is 26.2 Å². The van der Waals surface area contributed by atoms with Crippen molar-refractivity contribution >= 4 is 11.9 Å². The predicted octanol–water partition coefficient (Wildman–Crippen LogP) is 1.20. The largest absolute Gasteiger partial charge is 0.369 e. The van der Waals surface area contributed by atoms with E-state index in [4.69, 9.17) is 5.73 Å². The standard InChI is InChI=1S/C14H28N4O/c1-5-16-13(17-10-14(3,4)12(15)19)18-8-6-11(2)7-9-18/h11H,5-10H2,1-4H3,(H2,15,19)(H,16,17). The molecule has 110 valence electrons. The molecule has 0 spiro atoms. The lowest BCUT2D eigenvalue weighted by molar-refractivity contribution is -0.125. The van der Waals surface area contributed by atoms with Crippen molar-refractivity contribution < 1.29 is 4.79 Å². The first kappa shape index (κ1) is 15.8. The first-order valence-electron chi connectivity index (χ1n) is 7.20. The number of nitrogens with zero attached hydrogens (tertiary/aromatic N) is 2. The number of carbonyl (C=O) groups excluding carboxylic acids is 1. The average Bonchev–Trinajstić information content (AvgIpc) is 2.35. The fourth-order valence-corrected chi connectivity index (χ4v) is 2.00. The molecule has 1 heterocycles. The second-order valence-corrected chi connectivity index (χ2v) is 6.09. The number of hydrogen-bond donors (Lipinski definition) is 2. The smallest absolute Gasteiger partial charge is 0.224 e. The average molecular weight is 268 g/mol. The van der Waals surface area contributed by atoms with Gasteiger partial charge in [0.15, 0.2) is 5.96 Å². The zero-order chi connectivity index (χ0) is 14.5. The number of rotatable bonds is 4. The first-order valence-corrected chi connectivity index (χ1v) is 7.20. The maximum atomic E-state index is 11.3. The number of nitrogens with two attached hydrogens (primary N) is 1. The molecule has 1 aliphatic heterocycles. The summed E-state index contributed by atoms with van der Waals surface area (Å²) in [5.41, 5.74) is 4.79. The Kier molecular flexibility index (Phi) is 5.63. The van der Waals surface area contributed by atoms with Crippen LogP contribution in [0, 0.1) is 11.3 Å². The first-order chi connectivity index (χ1) is 8.86. The van der Waals surface area contributed by atoms with Gasteiger partial charge in [0.2, 0.25) is 5.91 Å². The lowest BCUT2D eigenvalue weighted by atomic mass is 9.93. The van der Waals surface area contributed by atoms with Crippen molar-refractivity contribution in [2.45, 2.75) is 40.5 Å². The fraction of sp³-hybridized carbons (Fsp3) is 0.857. The van der Waals surface area contributed by atoms with Crippen LogP contribution in [0.1, 0.15) is 40.5 Å². The Morgan fingerprint density at radius 1 is 1.42 bits per heavy atom. The molecule has 19 heavy (non-hydrogen) atoms. The molecule has 1 aliphatic rings. The molecule has 0 aromatic rings. The van der Waals surface area contributed by atoms with Crippen LogP contribution in [0.4, 0.5) is 0 Å². The highest BCUT2D eigenvalue weighted by Crippen LogP contribution is 2.17. The minimum Gasteiger partial charge on any atom is -0.369 e. The molecule has 1 amide bonds. The SMILES string of the molecule is CCNC(=NCC(C)(C)C(N)=O)N1CCC(C)CC1. The number of amides is 1. The molecular weight excluding hydrogens is 240 g/mol. The van der Waals surface area contributed by atoms with E-state index in [9.17, 15) is 4.79 Å². The molecule has 5 heteroatoms. The quantitative estimate of drug-likeness (QED) is 0.594. The van der Waals surface area contributed by atoms with Crippen molar-refractivity contribution in [3.63, 3.8) is 0 Å². The lowest BCUT2D eigenvalue weighted by Crippen LogP contribution is -2.46. The van der Waals surface area contributed by atoms with E-state index in [1.54, 1.807) is 0 Å². The highest BCUT2D eigenvalue weighted by Gasteiger charge is 2.25. The molecule has 1 fully saturated rings. The number of carbonyl (C=O) groups is 1. The molecule has 0 aromatic carbocycles. The third-order valence-corrected chi connectivity index (χ3v) is 3.71. The Balaban J connectivity index is 2.68. The van der Waals surface area contributed by atoms with Crippen molar-refractivity contribution in [3.05, 3.63) is 0 Å². The number of primary amides is 1. The van der Waals surface area contributed by atoms with Gasteiger partial charge in [0, 0.05) is 19.6 Å². The molecule has 0 radical (unpaired) electrons. The van der Waals surface area contributed by atoms with Gasteiger partial charge < -0.3 is 16.0 Å². The number of likely N-dealkylation sites (tertiary alicyclic amines) is 1. The summed E-state index contributed by atoms with van der Waals surface area (Å²) in [5, 5.41) is 3.30. The maximum absolute atomic E-state index is 11.3. The minimum atomic E-state index is -0.594. The summed E-state index contributed by atoms with van der Waals surface area (Å²) in [6.07, 6.45) is 2.40. The van der Waals surface area contributed by atoms with E-state index >= 15 is 0 Å². The van der Waals surface area contributed by atoms with Crippen LogP contribution in [0.15, 0.2) is 4.99 Å². The Morgan fingerprint density at radius 3 is 2.47 bits per heavy atom. The monoisotopic (exact) mass is 268 g/mol. The molecule has 1 saturated heterocycles. The summed E-state index contributed by atoms with van der Waals surface area (Å²) in [6, 6.07) is 0. The van der Waals surface area contributed by atoms with Crippen molar-refractivity contribution in [2.24, 2.45) is 22.1 Å². The summed E-state index contributed by atoms with van der Waals surface area (Å²) >= 11 is 0. The van der Waals surface area contributed by atoms with Crippen LogP contribution in [-0.2, 0) is 4.79 Å². The van der Waals surface area contributed by atoms with E-state index in [1.807, 2.05) is 13.8 Å². The van der Waals surface area contributed by atoms with Crippen LogP contribution < -0.4 is 11.1 Å². The molecule has 0 aromatic heterocycles. The molecule has 1 rings (SSSR count). The Bertz CT molecular complexity index is 330. The Morgan fingerprint density at radius 2 is 2.00 bits per heavy atom. The molecule has 5 nitrogen and oxygen atoms in total. The fourth-order valence-electron chi connectivity index (χ4n) is 2.00. The van der Waals surface area contributed by atoms with Gasteiger partial charge in [-0.25, -0.2) is 0 Å². The molecule has 0 aliphatic carbocycles. The number of aliphatic imine (C=N–C) groups is 1. The van der Waals surface area contributed by atoms with Gasteiger partial charge in [-0.15, -0.1) is 0 Å². The highest BCUT2D eigenvalue weighted by molar-refractivity contribution is 5.82. The molecule has 0 unspecified atom stereocenters. The van der Waals surface area contributed by atoms with Gasteiger partial charge in [-0.3, -0.25) is 9.79 Å². The van der Waals surface area contributed by atoms with E-state index < -0.39 is 5.41 Å². The van der Waals surface area contributed by atoms with Crippen LogP contribution in [0.5, 0.6) is 0 Å².